The van der Waals surface area contributed by atoms with E-state index in [1.165, 1.54) is 5.56 Å². The van der Waals surface area contributed by atoms with Crippen LogP contribution in [-0.4, -0.2) is 18.3 Å². The molecule has 0 bridgehead atoms. The summed E-state index contributed by atoms with van der Waals surface area (Å²) in [6.45, 7) is 3.27. The van der Waals surface area contributed by atoms with Gasteiger partial charge in [0.1, 0.15) is 0 Å². The molecule has 1 aliphatic carbocycles. The van der Waals surface area contributed by atoms with Crippen LogP contribution in [0.15, 0.2) is 22.7 Å². The van der Waals surface area contributed by atoms with E-state index in [-0.39, 0.29) is 5.41 Å². The lowest BCUT2D eigenvalue weighted by Crippen LogP contribution is -2.19. The zero-order valence-corrected chi connectivity index (χ0v) is 10.5. The summed E-state index contributed by atoms with van der Waals surface area (Å²) in [6, 6.07) is 6.21. The fourth-order valence-corrected chi connectivity index (χ4v) is 2.15. The molecular formula is C12H16BrNO. The first-order valence-electron chi connectivity index (χ1n) is 5.26. The maximum absolute atomic E-state index is 9.20. The molecule has 82 valence electrons. The highest BCUT2D eigenvalue weighted by atomic mass is 79.9. The van der Waals surface area contributed by atoms with Gasteiger partial charge in [-0.05, 0) is 43.5 Å². The number of aryl methyl sites for hydroxylation is 1. The number of halogens is 1. The van der Waals surface area contributed by atoms with Crippen LogP contribution in [0.5, 0.6) is 0 Å². The van der Waals surface area contributed by atoms with Crippen molar-refractivity contribution in [2.24, 2.45) is 5.41 Å². The Morgan fingerprint density at radius 2 is 2.20 bits per heavy atom. The average molecular weight is 270 g/mol. The van der Waals surface area contributed by atoms with Gasteiger partial charge in [0.15, 0.2) is 0 Å². The van der Waals surface area contributed by atoms with E-state index < -0.39 is 0 Å². The first-order chi connectivity index (χ1) is 7.15. The van der Waals surface area contributed by atoms with E-state index >= 15 is 0 Å². The van der Waals surface area contributed by atoms with Gasteiger partial charge in [-0.3, -0.25) is 0 Å². The SMILES string of the molecule is Cc1cc(Br)ccc1NCC1(CO)CC1. The zero-order chi connectivity index (χ0) is 10.9. The van der Waals surface area contributed by atoms with Gasteiger partial charge in [-0.15, -0.1) is 0 Å². The van der Waals surface area contributed by atoms with Crippen molar-refractivity contribution in [1.29, 1.82) is 0 Å². The number of nitrogens with one attached hydrogen (secondary N) is 1. The van der Waals surface area contributed by atoms with Crippen LogP contribution < -0.4 is 5.32 Å². The third-order valence-electron chi connectivity index (χ3n) is 3.13. The van der Waals surface area contributed by atoms with Gasteiger partial charge in [0.05, 0.1) is 6.61 Å². The molecular weight excluding hydrogens is 254 g/mol. The topological polar surface area (TPSA) is 32.3 Å². The van der Waals surface area contributed by atoms with Crippen LogP contribution in [0.1, 0.15) is 18.4 Å². The molecule has 0 atom stereocenters. The van der Waals surface area contributed by atoms with E-state index in [4.69, 9.17) is 0 Å². The minimum absolute atomic E-state index is 0.166. The van der Waals surface area contributed by atoms with Crippen molar-refractivity contribution in [3.05, 3.63) is 28.2 Å². The van der Waals surface area contributed by atoms with E-state index in [2.05, 4.69) is 40.3 Å². The first kappa shape index (κ1) is 11.0. The minimum Gasteiger partial charge on any atom is -0.396 e. The number of aliphatic hydroxyl groups excluding tert-OH is 1. The van der Waals surface area contributed by atoms with Crippen molar-refractivity contribution >= 4 is 21.6 Å². The molecule has 2 rings (SSSR count). The van der Waals surface area contributed by atoms with Crippen molar-refractivity contribution in [2.75, 3.05) is 18.5 Å². The van der Waals surface area contributed by atoms with E-state index in [1.807, 2.05) is 6.07 Å². The van der Waals surface area contributed by atoms with Gasteiger partial charge >= 0.3 is 0 Å². The Morgan fingerprint density at radius 3 is 2.73 bits per heavy atom. The number of hydrogen-bond acceptors (Lipinski definition) is 2. The van der Waals surface area contributed by atoms with Crippen LogP contribution in [0.25, 0.3) is 0 Å². The largest absolute Gasteiger partial charge is 0.396 e. The number of hydrogen-bond donors (Lipinski definition) is 2. The molecule has 1 aromatic carbocycles. The van der Waals surface area contributed by atoms with Crippen LogP contribution in [0.2, 0.25) is 0 Å². The Balaban J connectivity index is 1.99. The van der Waals surface area contributed by atoms with Crippen LogP contribution >= 0.6 is 15.9 Å². The maximum atomic E-state index is 9.20. The van der Waals surface area contributed by atoms with E-state index in [0.717, 1.165) is 29.5 Å². The molecule has 0 spiro atoms. The molecule has 0 amide bonds. The van der Waals surface area contributed by atoms with Crippen LogP contribution in [0.3, 0.4) is 0 Å². The average Bonchev–Trinajstić information content (AvgIpc) is 2.97. The zero-order valence-electron chi connectivity index (χ0n) is 8.89. The van der Waals surface area contributed by atoms with Gasteiger partial charge in [0.2, 0.25) is 0 Å². The molecule has 2 nitrogen and oxygen atoms in total. The Kier molecular flexibility index (Phi) is 3.03. The van der Waals surface area contributed by atoms with Gasteiger partial charge in [0, 0.05) is 22.1 Å². The molecule has 15 heavy (non-hydrogen) atoms. The summed E-state index contributed by atoms with van der Waals surface area (Å²) in [7, 11) is 0. The van der Waals surface area contributed by atoms with E-state index in [1.54, 1.807) is 0 Å². The van der Waals surface area contributed by atoms with Crippen LogP contribution in [-0.2, 0) is 0 Å². The molecule has 0 heterocycles. The predicted octanol–water partition coefficient (Wildman–Crippen LogP) is 2.94. The lowest BCUT2D eigenvalue weighted by Gasteiger charge is -2.15. The Labute approximate surface area is 98.8 Å². The van der Waals surface area contributed by atoms with Crippen molar-refractivity contribution in [1.82, 2.24) is 0 Å². The van der Waals surface area contributed by atoms with Crippen LogP contribution in [0.4, 0.5) is 5.69 Å². The lowest BCUT2D eigenvalue weighted by molar-refractivity contribution is 0.220. The Hall–Kier alpha value is -0.540. The number of rotatable bonds is 4. The molecule has 1 aliphatic rings. The van der Waals surface area contributed by atoms with Gasteiger partial charge in [-0.25, -0.2) is 0 Å². The fourth-order valence-electron chi connectivity index (χ4n) is 1.68. The molecule has 0 aliphatic heterocycles. The van der Waals surface area contributed by atoms with Gasteiger partial charge in [-0.2, -0.15) is 0 Å². The second kappa shape index (κ2) is 4.14. The summed E-state index contributed by atoms with van der Waals surface area (Å²) in [5.74, 6) is 0. The van der Waals surface area contributed by atoms with Crippen LogP contribution in [0, 0.1) is 12.3 Å². The molecule has 0 unspecified atom stereocenters. The van der Waals surface area contributed by atoms with Crippen molar-refractivity contribution in [3.63, 3.8) is 0 Å². The summed E-state index contributed by atoms with van der Waals surface area (Å²) in [5.41, 5.74) is 2.57. The smallest absolute Gasteiger partial charge is 0.0504 e. The highest BCUT2D eigenvalue weighted by molar-refractivity contribution is 9.10. The van der Waals surface area contributed by atoms with Crippen molar-refractivity contribution < 1.29 is 5.11 Å². The van der Waals surface area contributed by atoms with Gasteiger partial charge in [0.25, 0.3) is 0 Å². The molecule has 1 aromatic rings. The molecule has 3 heteroatoms. The Morgan fingerprint density at radius 1 is 1.47 bits per heavy atom. The van der Waals surface area contributed by atoms with Crippen molar-refractivity contribution in [3.8, 4) is 0 Å². The monoisotopic (exact) mass is 269 g/mol. The normalized spacial score (nSPS) is 17.5. The number of benzene rings is 1. The third-order valence-corrected chi connectivity index (χ3v) is 3.63. The van der Waals surface area contributed by atoms with E-state index in [0.29, 0.717) is 6.61 Å². The minimum atomic E-state index is 0.166. The summed E-state index contributed by atoms with van der Waals surface area (Å²) < 4.78 is 1.11. The Bertz CT molecular complexity index is 361. The predicted molar refractivity (Wildman–Crippen MR) is 66.1 cm³/mol. The lowest BCUT2D eigenvalue weighted by atomic mass is 10.1. The summed E-state index contributed by atoms with van der Waals surface area (Å²) >= 11 is 3.45. The van der Waals surface area contributed by atoms with Crippen molar-refractivity contribution in [2.45, 2.75) is 19.8 Å². The maximum Gasteiger partial charge on any atom is 0.0504 e. The third kappa shape index (κ3) is 2.52. The molecule has 1 fully saturated rings. The fraction of sp³-hybridized carbons (Fsp3) is 0.500. The molecule has 0 radical (unpaired) electrons. The number of anilines is 1. The summed E-state index contributed by atoms with van der Waals surface area (Å²) in [4.78, 5) is 0. The second-order valence-electron chi connectivity index (χ2n) is 4.47. The highest BCUT2D eigenvalue weighted by Crippen LogP contribution is 2.45. The van der Waals surface area contributed by atoms with Gasteiger partial charge < -0.3 is 10.4 Å². The second-order valence-corrected chi connectivity index (χ2v) is 5.39. The molecule has 0 aromatic heterocycles. The number of aliphatic hydroxyl groups is 1. The standard InChI is InChI=1S/C12H16BrNO/c1-9-6-10(13)2-3-11(9)14-7-12(8-15)4-5-12/h2-3,6,14-15H,4-5,7-8H2,1H3. The summed E-state index contributed by atoms with van der Waals surface area (Å²) in [6.07, 6.45) is 2.29. The highest BCUT2D eigenvalue weighted by Gasteiger charge is 2.41. The molecule has 0 saturated heterocycles. The first-order valence-corrected chi connectivity index (χ1v) is 6.05. The quantitative estimate of drug-likeness (QED) is 0.881. The summed E-state index contributed by atoms with van der Waals surface area (Å²) in [5, 5.41) is 12.6. The van der Waals surface area contributed by atoms with Gasteiger partial charge in [-0.1, -0.05) is 15.9 Å². The van der Waals surface area contributed by atoms with E-state index in [9.17, 15) is 5.11 Å². The molecule has 1 saturated carbocycles. The molecule has 2 N–H and O–H groups in total.